The van der Waals surface area contributed by atoms with E-state index in [0.29, 0.717) is 13.1 Å². The van der Waals surface area contributed by atoms with Gasteiger partial charge >= 0.3 is 6.03 Å². The molecule has 152 valence electrons. The first kappa shape index (κ1) is 24.5. The Morgan fingerprint density at radius 1 is 0.750 bits per heavy atom. The molecule has 0 aliphatic heterocycles. The van der Waals surface area contributed by atoms with Gasteiger partial charge in [0, 0.05) is 13.1 Å². The second-order valence-electron chi connectivity index (χ2n) is 5.87. The van der Waals surface area contributed by atoms with Gasteiger partial charge in [0.2, 0.25) is 0 Å². The molecule has 0 aliphatic rings. The number of halogens is 4. The highest BCUT2D eigenvalue weighted by atomic mass is 127. The van der Waals surface area contributed by atoms with Crippen LogP contribution in [-0.4, -0.2) is 33.3 Å². The van der Waals surface area contributed by atoms with Crippen LogP contribution in [0.1, 0.15) is 11.1 Å². The van der Waals surface area contributed by atoms with E-state index in [1.54, 1.807) is 14.2 Å². The molecule has 2 amide bonds. The van der Waals surface area contributed by atoms with Crippen LogP contribution in [0.25, 0.3) is 0 Å². The Morgan fingerprint density at radius 3 is 1.36 bits per heavy atom. The predicted molar refractivity (Wildman–Crippen MR) is 146 cm³/mol. The van der Waals surface area contributed by atoms with Crippen LogP contribution >= 0.6 is 90.4 Å². The van der Waals surface area contributed by atoms with Crippen molar-refractivity contribution >= 4 is 96.4 Å². The maximum atomic E-state index is 12.0. The first-order chi connectivity index (χ1) is 13.3. The number of carbonyl (C=O) groups excluding carboxylic acids is 1. The number of ether oxygens (including phenoxy) is 2. The Hall–Kier alpha value is 0.230. The van der Waals surface area contributed by atoms with Crippen molar-refractivity contribution in [1.82, 2.24) is 10.6 Å². The molecule has 0 aromatic heterocycles. The third kappa shape index (κ3) is 7.18. The molecular formula is C19H20I4N2O3. The molecule has 0 heterocycles. The van der Waals surface area contributed by atoms with E-state index in [2.05, 4.69) is 125 Å². The van der Waals surface area contributed by atoms with Crippen molar-refractivity contribution in [2.24, 2.45) is 0 Å². The molecule has 0 bridgehead atoms. The van der Waals surface area contributed by atoms with E-state index in [9.17, 15) is 4.79 Å². The van der Waals surface area contributed by atoms with Crippen molar-refractivity contribution in [3.05, 3.63) is 49.7 Å². The number of benzene rings is 2. The number of rotatable bonds is 8. The molecule has 0 radical (unpaired) electrons. The number of amides is 2. The van der Waals surface area contributed by atoms with E-state index < -0.39 is 0 Å². The van der Waals surface area contributed by atoms with Crippen LogP contribution < -0.4 is 20.1 Å². The average molecular weight is 832 g/mol. The molecule has 0 saturated carbocycles. The lowest BCUT2D eigenvalue weighted by Crippen LogP contribution is -2.37. The maximum absolute atomic E-state index is 12.0. The van der Waals surface area contributed by atoms with E-state index >= 15 is 0 Å². The van der Waals surface area contributed by atoms with Crippen molar-refractivity contribution in [2.45, 2.75) is 12.8 Å². The van der Waals surface area contributed by atoms with Gasteiger partial charge in [-0.05, 0) is 139 Å². The standard InChI is InChI=1S/C19H20I4N2O3/c1-27-17-13(20)7-11(8-14(17)21)3-5-24-19(26)25-6-4-12-9-15(22)18(28-2)16(23)10-12/h7-10H,3-6H2,1-2H3,(H2,24,25,26). The molecule has 0 fully saturated rings. The van der Waals surface area contributed by atoms with Gasteiger partial charge in [-0.25, -0.2) is 4.79 Å². The second-order valence-corrected chi connectivity index (χ2v) is 10.5. The van der Waals surface area contributed by atoms with Crippen LogP contribution in [0, 0.1) is 14.3 Å². The van der Waals surface area contributed by atoms with Crippen molar-refractivity contribution < 1.29 is 14.3 Å². The summed E-state index contributed by atoms with van der Waals surface area (Å²) in [4.78, 5) is 12.0. The molecule has 0 atom stereocenters. The quantitative estimate of drug-likeness (QED) is 0.360. The highest BCUT2D eigenvalue weighted by molar-refractivity contribution is 14.1. The minimum absolute atomic E-state index is 0.143. The SMILES string of the molecule is COc1c(I)cc(CCNC(=O)NCCc2cc(I)c(OC)c(I)c2)cc1I. The first-order valence-corrected chi connectivity index (χ1v) is 12.7. The van der Waals surface area contributed by atoms with Crippen molar-refractivity contribution in [3.8, 4) is 11.5 Å². The van der Waals surface area contributed by atoms with Crippen molar-refractivity contribution in [3.63, 3.8) is 0 Å². The Bertz CT molecular complexity index is 732. The van der Waals surface area contributed by atoms with E-state index in [0.717, 1.165) is 38.6 Å². The molecule has 0 spiro atoms. The van der Waals surface area contributed by atoms with Gasteiger partial charge in [0.15, 0.2) is 0 Å². The van der Waals surface area contributed by atoms with Crippen LogP contribution in [0.15, 0.2) is 24.3 Å². The smallest absolute Gasteiger partial charge is 0.314 e. The first-order valence-electron chi connectivity index (χ1n) is 8.41. The molecule has 2 N–H and O–H groups in total. The Kier molecular flexibility index (Phi) is 10.7. The van der Waals surface area contributed by atoms with Gasteiger partial charge in [-0.15, -0.1) is 0 Å². The van der Waals surface area contributed by atoms with Crippen LogP contribution in [0.5, 0.6) is 11.5 Å². The molecule has 5 nitrogen and oxygen atoms in total. The van der Waals surface area contributed by atoms with Gasteiger partial charge in [-0.3, -0.25) is 0 Å². The van der Waals surface area contributed by atoms with E-state index in [1.165, 1.54) is 11.1 Å². The van der Waals surface area contributed by atoms with Gasteiger partial charge in [-0.1, -0.05) is 0 Å². The number of hydrogen-bond donors (Lipinski definition) is 2. The summed E-state index contributed by atoms with van der Waals surface area (Å²) in [5.74, 6) is 1.80. The van der Waals surface area contributed by atoms with Crippen molar-refractivity contribution in [2.75, 3.05) is 27.3 Å². The molecule has 9 heteroatoms. The summed E-state index contributed by atoms with van der Waals surface area (Å²) >= 11 is 9.08. The highest BCUT2D eigenvalue weighted by Crippen LogP contribution is 2.29. The lowest BCUT2D eigenvalue weighted by molar-refractivity contribution is 0.241. The Labute approximate surface area is 220 Å². The molecule has 2 rings (SSSR count). The molecule has 0 unspecified atom stereocenters. The van der Waals surface area contributed by atoms with Crippen molar-refractivity contribution in [1.29, 1.82) is 0 Å². The number of carbonyl (C=O) groups is 1. The van der Waals surface area contributed by atoms with Crippen LogP contribution in [0.4, 0.5) is 4.79 Å². The fourth-order valence-corrected chi connectivity index (χ4v) is 7.28. The molecule has 0 aliphatic carbocycles. The van der Waals surface area contributed by atoms with Gasteiger partial charge < -0.3 is 20.1 Å². The highest BCUT2D eigenvalue weighted by Gasteiger charge is 2.09. The summed E-state index contributed by atoms with van der Waals surface area (Å²) < 4.78 is 15.1. The number of hydrogen-bond acceptors (Lipinski definition) is 3. The summed E-state index contributed by atoms with van der Waals surface area (Å²) in [5, 5.41) is 5.83. The molecule has 2 aromatic carbocycles. The fraction of sp³-hybridized carbons (Fsp3) is 0.316. The van der Waals surface area contributed by atoms with Gasteiger partial charge in [-0.2, -0.15) is 0 Å². The third-order valence-corrected chi connectivity index (χ3v) is 7.13. The Balaban J connectivity index is 1.76. The van der Waals surface area contributed by atoms with E-state index in [-0.39, 0.29) is 6.03 Å². The molecule has 28 heavy (non-hydrogen) atoms. The lowest BCUT2D eigenvalue weighted by Gasteiger charge is -2.11. The average Bonchev–Trinajstić information content (AvgIpc) is 2.61. The predicted octanol–water partition coefficient (Wildman–Crippen LogP) is 5.21. The summed E-state index contributed by atoms with van der Waals surface area (Å²) in [6.07, 6.45) is 1.55. The van der Waals surface area contributed by atoms with Gasteiger partial charge in [0.25, 0.3) is 0 Å². The summed E-state index contributed by atoms with van der Waals surface area (Å²) in [6, 6.07) is 8.22. The van der Waals surface area contributed by atoms with Gasteiger partial charge in [0.1, 0.15) is 11.5 Å². The van der Waals surface area contributed by atoms with Crippen LogP contribution in [0.3, 0.4) is 0 Å². The fourth-order valence-electron chi connectivity index (χ4n) is 2.61. The van der Waals surface area contributed by atoms with E-state index in [1.807, 2.05) is 0 Å². The topological polar surface area (TPSA) is 59.6 Å². The zero-order chi connectivity index (χ0) is 20.7. The van der Waals surface area contributed by atoms with E-state index in [4.69, 9.17) is 9.47 Å². The molecule has 2 aromatic rings. The van der Waals surface area contributed by atoms with Crippen LogP contribution in [0.2, 0.25) is 0 Å². The number of urea groups is 1. The maximum Gasteiger partial charge on any atom is 0.314 e. The second kappa shape index (κ2) is 12.2. The largest absolute Gasteiger partial charge is 0.495 e. The normalized spacial score (nSPS) is 10.5. The summed E-state index contributed by atoms with van der Waals surface area (Å²) in [6.45, 7) is 1.17. The van der Waals surface area contributed by atoms with Gasteiger partial charge in [0.05, 0.1) is 28.5 Å². The minimum Gasteiger partial charge on any atom is -0.495 e. The number of nitrogens with one attached hydrogen (secondary N) is 2. The molecule has 0 saturated heterocycles. The zero-order valence-electron chi connectivity index (χ0n) is 15.4. The molecular weight excluding hydrogens is 812 g/mol. The summed E-state index contributed by atoms with van der Waals surface area (Å²) in [7, 11) is 3.36. The number of methoxy groups -OCH3 is 2. The monoisotopic (exact) mass is 832 g/mol. The lowest BCUT2D eigenvalue weighted by atomic mass is 10.1. The zero-order valence-corrected chi connectivity index (χ0v) is 24.0. The minimum atomic E-state index is -0.143. The van der Waals surface area contributed by atoms with Crippen LogP contribution in [-0.2, 0) is 12.8 Å². The summed E-state index contributed by atoms with van der Waals surface area (Å²) in [5.41, 5.74) is 2.36. The Morgan fingerprint density at radius 2 is 1.07 bits per heavy atom. The third-order valence-electron chi connectivity index (χ3n) is 3.92.